The van der Waals surface area contributed by atoms with E-state index in [9.17, 15) is 13.2 Å². The summed E-state index contributed by atoms with van der Waals surface area (Å²) < 4.78 is 27.9. The predicted molar refractivity (Wildman–Crippen MR) is 115 cm³/mol. The molecule has 3 aromatic rings. The molecule has 0 saturated carbocycles. The Morgan fingerprint density at radius 3 is 2.28 bits per heavy atom. The van der Waals surface area contributed by atoms with Crippen molar-refractivity contribution in [1.29, 1.82) is 0 Å². The molecule has 5 nitrogen and oxygen atoms in total. The number of para-hydroxylation sites is 1. The van der Waals surface area contributed by atoms with E-state index in [1.54, 1.807) is 42.5 Å². The molecule has 0 bridgehead atoms. The summed E-state index contributed by atoms with van der Waals surface area (Å²) >= 11 is 0. The van der Waals surface area contributed by atoms with Gasteiger partial charge in [0.05, 0.1) is 10.9 Å². The van der Waals surface area contributed by atoms with Crippen molar-refractivity contribution in [2.75, 3.05) is 4.72 Å². The van der Waals surface area contributed by atoms with Gasteiger partial charge in [0, 0.05) is 11.3 Å². The molecular weight excluding hydrogens is 384 g/mol. The van der Waals surface area contributed by atoms with Gasteiger partial charge in [-0.05, 0) is 49.2 Å². The van der Waals surface area contributed by atoms with Crippen molar-refractivity contribution in [3.05, 3.63) is 95.6 Å². The van der Waals surface area contributed by atoms with E-state index in [1.807, 2.05) is 38.1 Å². The highest BCUT2D eigenvalue weighted by Gasteiger charge is 2.18. The molecule has 3 aromatic carbocycles. The third kappa shape index (κ3) is 5.23. The van der Waals surface area contributed by atoms with Crippen LogP contribution in [0.2, 0.25) is 0 Å². The van der Waals surface area contributed by atoms with E-state index in [1.165, 1.54) is 12.1 Å². The molecule has 150 valence electrons. The zero-order chi connectivity index (χ0) is 20.9. The van der Waals surface area contributed by atoms with E-state index >= 15 is 0 Å². The van der Waals surface area contributed by atoms with Gasteiger partial charge < -0.3 is 5.32 Å². The Morgan fingerprint density at radius 1 is 0.931 bits per heavy atom. The maximum Gasteiger partial charge on any atom is 0.261 e. The maximum atomic E-state index is 12.8. The molecule has 2 N–H and O–H groups in total. The van der Waals surface area contributed by atoms with Crippen LogP contribution in [0.4, 0.5) is 5.69 Å². The average molecular weight is 409 g/mol. The van der Waals surface area contributed by atoms with E-state index in [4.69, 9.17) is 0 Å². The van der Waals surface area contributed by atoms with Gasteiger partial charge in [-0.3, -0.25) is 9.52 Å². The topological polar surface area (TPSA) is 75.3 Å². The molecule has 0 aromatic heterocycles. The maximum absolute atomic E-state index is 12.8. The summed E-state index contributed by atoms with van der Waals surface area (Å²) in [5.41, 5.74) is 2.93. The van der Waals surface area contributed by atoms with Crippen molar-refractivity contribution in [1.82, 2.24) is 5.32 Å². The molecule has 0 radical (unpaired) electrons. The van der Waals surface area contributed by atoms with E-state index < -0.39 is 10.0 Å². The van der Waals surface area contributed by atoms with Crippen LogP contribution in [0.1, 0.15) is 40.9 Å². The summed E-state index contributed by atoms with van der Waals surface area (Å²) in [5.74, 6) is -0.311. The number of sulfonamides is 1. The molecule has 29 heavy (non-hydrogen) atoms. The largest absolute Gasteiger partial charge is 0.345 e. The number of anilines is 1. The van der Waals surface area contributed by atoms with Crippen molar-refractivity contribution >= 4 is 21.6 Å². The van der Waals surface area contributed by atoms with Gasteiger partial charge in [-0.25, -0.2) is 8.42 Å². The molecule has 1 amide bonds. The van der Waals surface area contributed by atoms with Gasteiger partial charge in [-0.1, -0.05) is 61.0 Å². The Morgan fingerprint density at radius 2 is 1.62 bits per heavy atom. The van der Waals surface area contributed by atoms with Crippen LogP contribution in [-0.2, 0) is 10.0 Å². The second-order valence-electron chi connectivity index (χ2n) is 6.84. The van der Waals surface area contributed by atoms with Crippen LogP contribution < -0.4 is 10.0 Å². The fraction of sp³-hybridized carbons (Fsp3) is 0.174. The van der Waals surface area contributed by atoms with E-state index in [2.05, 4.69) is 10.0 Å². The lowest BCUT2D eigenvalue weighted by Gasteiger charge is -2.18. The number of carbonyl (C=O) groups excluding carboxylic acids is 1. The SMILES string of the molecule is CCC(NC(=O)c1cccc(S(=O)(=O)Nc2ccccc2)c1)c1ccc(C)cc1. The lowest BCUT2D eigenvalue weighted by atomic mass is 10.0. The van der Waals surface area contributed by atoms with Crippen LogP contribution in [-0.4, -0.2) is 14.3 Å². The molecular formula is C23H24N2O3S. The second-order valence-corrected chi connectivity index (χ2v) is 8.53. The van der Waals surface area contributed by atoms with Gasteiger partial charge in [0.15, 0.2) is 0 Å². The quantitative estimate of drug-likeness (QED) is 0.596. The number of benzene rings is 3. The molecule has 1 atom stereocenters. The fourth-order valence-corrected chi connectivity index (χ4v) is 4.09. The standard InChI is InChI=1S/C23H24N2O3S/c1-3-22(18-14-12-17(2)13-15-18)24-23(26)19-8-7-11-21(16-19)29(27,28)25-20-9-5-4-6-10-20/h4-16,22,25H,3H2,1-2H3,(H,24,26). The van der Waals surface area contributed by atoms with E-state index in [0.29, 0.717) is 11.3 Å². The predicted octanol–water partition coefficient (Wildman–Crippen LogP) is 4.68. The summed E-state index contributed by atoms with van der Waals surface area (Å²) in [6.45, 7) is 4.01. The number of carbonyl (C=O) groups is 1. The van der Waals surface area contributed by atoms with Crippen LogP contribution in [0.5, 0.6) is 0 Å². The van der Waals surface area contributed by atoms with Crippen LogP contribution >= 0.6 is 0 Å². The highest BCUT2D eigenvalue weighted by Crippen LogP contribution is 2.20. The van der Waals surface area contributed by atoms with Crippen molar-refractivity contribution in [3.63, 3.8) is 0 Å². The fourth-order valence-electron chi connectivity index (χ4n) is 2.99. The first kappa shape index (κ1) is 20.6. The third-order valence-corrected chi connectivity index (χ3v) is 6.00. The summed E-state index contributed by atoms with van der Waals surface area (Å²) in [7, 11) is -3.79. The molecule has 1 unspecified atom stereocenters. The van der Waals surface area contributed by atoms with Gasteiger partial charge in [-0.2, -0.15) is 0 Å². The van der Waals surface area contributed by atoms with Gasteiger partial charge in [0.2, 0.25) is 0 Å². The van der Waals surface area contributed by atoms with Crippen LogP contribution in [0, 0.1) is 6.92 Å². The van der Waals surface area contributed by atoms with Crippen molar-refractivity contribution < 1.29 is 13.2 Å². The molecule has 0 aliphatic carbocycles. The summed E-state index contributed by atoms with van der Waals surface area (Å²) in [4.78, 5) is 12.8. The Labute approximate surface area is 171 Å². The number of nitrogens with one attached hydrogen (secondary N) is 2. The number of hydrogen-bond acceptors (Lipinski definition) is 3. The van der Waals surface area contributed by atoms with Crippen LogP contribution in [0.25, 0.3) is 0 Å². The molecule has 0 saturated heterocycles. The lowest BCUT2D eigenvalue weighted by molar-refractivity contribution is 0.0935. The molecule has 3 rings (SSSR count). The average Bonchev–Trinajstić information content (AvgIpc) is 2.73. The highest BCUT2D eigenvalue weighted by molar-refractivity contribution is 7.92. The summed E-state index contributed by atoms with van der Waals surface area (Å²) in [6, 6.07) is 22.5. The summed E-state index contributed by atoms with van der Waals surface area (Å²) in [6.07, 6.45) is 0.725. The molecule has 0 aliphatic heterocycles. The molecule has 0 aliphatic rings. The van der Waals surface area contributed by atoms with Crippen molar-refractivity contribution in [2.24, 2.45) is 0 Å². The normalized spacial score (nSPS) is 12.2. The zero-order valence-electron chi connectivity index (χ0n) is 16.4. The Balaban J connectivity index is 1.79. The lowest BCUT2D eigenvalue weighted by Crippen LogP contribution is -2.28. The van der Waals surface area contributed by atoms with E-state index in [0.717, 1.165) is 17.5 Å². The first-order chi connectivity index (χ1) is 13.9. The second kappa shape index (κ2) is 8.92. The Bertz CT molecular complexity index is 1080. The smallest absolute Gasteiger partial charge is 0.261 e. The monoisotopic (exact) mass is 408 g/mol. The van der Waals surface area contributed by atoms with Crippen LogP contribution in [0.3, 0.4) is 0 Å². The number of aryl methyl sites for hydroxylation is 1. The van der Waals surface area contributed by atoms with Gasteiger partial charge in [0.1, 0.15) is 0 Å². The highest BCUT2D eigenvalue weighted by atomic mass is 32.2. The number of amides is 1. The van der Waals surface area contributed by atoms with E-state index in [-0.39, 0.29) is 16.8 Å². The van der Waals surface area contributed by atoms with Crippen molar-refractivity contribution in [2.45, 2.75) is 31.2 Å². The minimum atomic E-state index is -3.79. The Hall–Kier alpha value is -3.12. The zero-order valence-corrected chi connectivity index (χ0v) is 17.2. The number of hydrogen-bond donors (Lipinski definition) is 2. The minimum Gasteiger partial charge on any atom is -0.345 e. The van der Waals surface area contributed by atoms with Gasteiger partial charge in [-0.15, -0.1) is 0 Å². The van der Waals surface area contributed by atoms with Crippen molar-refractivity contribution in [3.8, 4) is 0 Å². The molecule has 0 heterocycles. The minimum absolute atomic E-state index is 0.0392. The molecule has 0 fully saturated rings. The summed E-state index contributed by atoms with van der Waals surface area (Å²) in [5, 5.41) is 2.99. The molecule has 0 spiro atoms. The third-order valence-electron chi connectivity index (χ3n) is 4.63. The number of rotatable bonds is 7. The molecule has 6 heteroatoms. The van der Waals surface area contributed by atoms with Gasteiger partial charge in [0.25, 0.3) is 15.9 Å². The van der Waals surface area contributed by atoms with Crippen LogP contribution in [0.15, 0.2) is 83.8 Å². The van der Waals surface area contributed by atoms with Gasteiger partial charge >= 0.3 is 0 Å². The Kier molecular flexibility index (Phi) is 6.34. The first-order valence-corrected chi connectivity index (χ1v) is 10.9. The first-order valence-electron chi connectivity index (χ1n) is 9.44.